The largest absolute Gasteiger partial charge is 0.486 e. The van der Waals surface area contributed by atoms with Crippen molar-refractivity contribution < 1.29 is 19.2 Å². The molecule has 0 aromatic heterocycles. The van der Waals surface area contributed by atoms with E-state index in [4.69, 9.17) is 9.84 Å². The van der Waals surface area contributed by atoms with Gasteiger partial charge in [0.15, 0.2) is 0 Å². The molecule has 1 aromatic rings. The first kappa shape index (κ1) is 13.9. The number of rotatable bonds is 5. The van der Waals surface area contributed by atoms with Crippen LogP contribution in [0.5, 0.6) is 5.75 Å². The fourth-order valence-corrected chi connectivity index (χ4v) is 1.69. The zero-order chi connectivity index (χ0) is 13.0. The van der Waals surface area contributed by atoms with Gasteiger partial charge in [0.1, 0.15) is 5.82 Å². The van der Waals surface area contributed by atoms with Crippen molar-refractivity contribution >= 4 is 21.6 Å². The van der Waals surface area contributed by atoms with Gasteiger partial charge in [-0.05, 0) is 28.9 Å². The van der Waals surface area contributed by atoms with Crippen LogP contribution in [0.1, 0.15) is 13.3 Å². The average Bonchev–Trinajstić information content (AvgIpc) is 2.19. The summed E-state index contributed by atoms with van der Waals surface area (Å²) < 4.78 is 18.3. The van der Waals surface area contributed by atoms with E-state index in [1.807, 2.05) is 0 Å². The smallest absolute Gasteiger partial charge is 0.315 e. The third kappa shape index (κ3) is 3.94. The first-order chi connectivity index (χ1) is 7.91. The number of ether oxygens (including phenoxy) is 1. The van der Waals surface area contributed by atoms with E-state index in [0.29, 0.717) is 6.42 Å². The third-order valence-electron chi connectivity index (χ3n) is 1.97. The van der Waals surface area contributed by atoms with Gasteiger partial charge < -0.3 is 9.84 Å². The fourth-order valence-electron chi connectivity index (χ4n) is 1.16. The topological polar surface area (TPSA) is 72.6 Å². The molecular weight excluding hydrogens is 297 g/mol. The summed E-state index contributed by atoms with van der Waals surface area (Å²) >= 11 is 3.00. The van der Waals surface area contributed by atoms with Gasteiger partial charge in [-0.3, -0.25) is 10.1 Å². The van der Waals surface area contributed by atoms with Gasteiger partial charge in [-0.25, -0.2) is 4.39 Å². The third-order valence-corrected chi connectivity index (χ3v) is 2.56. The van der Waals surface area contributed by atoms with Crippen molar-refractivity contribution in [3.05, 3.63) is 32.5 Å². The van der Waals surface area contributed by atoms with Crippen LogP contribution in [0, 0.1) is 15.9 Å². The number of hydrogen-bond donors (Lipinski definition) is 1. The number of aliphatic hydroxyl groups excluding tert-OH is 1. The summed E-state index contributed by atoms with van der Waals surface area (Å²) in [5.41, 5.74) is -0.442. The summed E-state index contributed by atoms with van der Waals surface area (Å²) in [4.78, 5) is 10.00. The lowest BCUT2D eigenvalue weighted by Crippen LogP contribution is -2.08. The van der Waals surface area contributed by atoms with Crippen LogP contribution in [0.3, 0.4) is 0 Å². The maximum Gasteiger partial charge on any atom is 0.315 e. The molecule has 17 heavy (non-hydrogen) atoms. The predicted octanol–water partition coefficient (Wildman–Crippen LogP) is 2.65. The van der Waals surface area contributed by atoms with Crippen LogP contribution in [0.4, 0.5) is 10.1 Å². The van der Waals surface area contributed by atoms with Crippen LogP contribution in [0.2, 0.25) is 0 Å². The SMILES string of the molecule is CC(O)CCOc1c(Br)cc(F)cc1[N+](=O)[O-]. The maximum absolute atomic E-state index is 13.0. The van der Waals surface area contributed by atoms with Crippen molar-refractivity contribution in [1.29, 1.82) is 0 Å². The predicted molar refractivity (Wildman–Crippen MR) is 62.5 cm³/mol. The highest BCUT2D eigenvalue weighted by Crippen LogP contribution is 2.36. The van der Waals surface area contributed by atoms with E-state index in [-0.39, 0.29) is 16.8 Å². The van der Waals surface area contributed by atoms with Crippen LogP contribution in [-0.4, -0.2) is 22.7 Å². The minimum atomic E-state index is -0.717. The molecule has 0 aliphatic heterocycles. The van der Waals surface area contributed by atoms with E-state index in [1.165, 1.54) is 0 Å². The normalized spacial score (nSPS) is 12.2. The minimum Gasteiger partial charge on any atom is -0.486 e. The van der Waals surface area contributed by atoms with E-state index in [2.05, 4.69) is 15.9 Å². The molecule has 0 heterocycles. The highest BCUT2D eigenvalue weighted by atomic mass is 79.9. The maximum atomic E-state index is 13.0. The molecule has 0 saturated carbocycles. The molecule has 0 bridgehead atoms. The summed E-state index contributed by atoms with van der Waals surface area (Å²) in [6.07, 6.45) is -0.227. The molecular formula is C10H11BrFNO4. The number of nitrogens with zero attached hydrogens (tertiary/aromatic N) is 1. The number of halogens is 2. The fraction of sp³-hybridized carbons (Fsp3) is 0.400. The highest BCUT2D eigenvalue weighted by Gasteiger charge is 2.20. The second kappa shape index (κ2) is 5.92. The molecule has 1 rings (SSSR count). The number of nitro groups is 1. The lowest BCUT2D eigenvalue weighted by molar-refractivity contribution is -0.386. The Morgan fingerprint density at radius 1 is 1.65 bits per heavy atom. The van der Waals surface area contributed by atoms with Crippen LogP contribution < -0.4 is 4.74 Å². The Morgan fingerprint density at radius 2 is 2.29 bits per heavy atom. The Morgan fingerprint density at radius 3 is 2.82 bits per heavy atom. The summed E-state index contributed by atoms with van der Waals surface area (Å²) in [6, 6.07) is 1.88. The molecule has 0 saturated heterocycles. The molecule has 1 N–H and O–H groups in total. The Kier molecular flexibility index (Phi) is 4.83. The second-order valence-corrected chi connectivity index (χ2v) is 4.33. The molecule has 94 valence electrons. The first-order valence-electron chi connectivity index (χ1n) is 4.86. The average molecular weight is 308 g/mol. The van der Waals surface area contributed by atoms with Crippen LogP contribution in [0.25, 0.3) is 0 Å². The Bertz CT molecular complexity index is 425. The Balaban J connectivity index is 2.92. The van der Waals surface area contributed by atoms with Gasteiger partial charge >= 0.3 is 5.69 Å². The quantitative estimate of drug-likeness (QED) is 0.670. The van der Waals surface area contributed by atoms with Gasteiger partial charge in [-0.2, -0.15) is 0 Å². The van der Waals surface area contributed by atoms with Crippen molar-refractivity contribution in [1.82, 2.24) is 0 Å². The molecule has 0 radical (unpaired) electrons. The Hall–Kier alpha value is -1.21. The number of benzene rings is 1. The summed E-state index contributed by atoms with van der Waals surface area (Å²) in [6.45, 7) is 1.69. The zero-order valence-corrected chi connectivity index (χ0v) is 10.6. The molecule has 5 nitrogen and oxygen atoms in total. The minimum absolute atomic E-state index is 0.0305. The van der Waals surface area contributed by atoms with Gasteiger partial charge in [0.05, 0.1) is 28.2 Å². The summed E-state index contributed by atoms with van der Waals surface area (Å²) in [5, 5.41) is 19.7. The van der Waals surface area contributed by atoms with Crippen molar-refractivity contribution in [3.8, 4) is 5.75 Å². The molecule has 0 amide bonds. The zero-order valence-electron chi connectivity index (χ0n) is 9.02. The van der Waals surface area contributed by atoms with Gasteiger partial charge in [-0.15, -0.1) is 0 Å². The molecule has 0 fully saturated rings. The van der Waals surface area contributed by atoms with Crippen LogP contribution in [-0.2, 0) is 0 Å². The highest BCUT2D eigenvalue weighted by molar-refractivity contribution is 9.10. The van der Waals surface area contributed by atoms with E-state index < -0.39 is 22.5 Å². The molecule has 0 spiro atoms. The first-order valence-corrected chi connectivity index (χ1v) is 5.65. The molecule has 1 unspecified atom stereocenters. The number of nitro benzene ring substituents is 1. The van der Waals surface area contributed by atoms with Gasteiger partial charge in [0.25, 0.3) is 0 Å². The lowest BCUT2D eigenvalue weighted by Gasteiger charge is -2.09. The molecule has 0 aliphatic rings. The van der Waals surface area contributed by atoms with Crippen molar-refractivity contribution in [2.45, 2.75) is 19.4 Å². The van der Waals surface area contributed by atoms with Crippen LogP contribution in [0.15, 0.2) is 16.6 Å². The van der Waals surface area contributed by atoms with Crippen molar-refractivity contribution in [2.24, 2.45) is 0 Å². The molecule has 0 aliphatic carbocycles. The van der Waals surface area contributed by atoms with Gasteiger partial charge in [-0.1, -0.05) is 0 Å². The number of hydrogen-bond acceptors (Lipinski definition) is 4. The molecule has 1 aromatic carbocycles. The molecule has 7 heteroatoms. The Labute approximate surface area is 105 Å². The van der Waals surface area contributed by atoms with E-state index >= 15 is 0 Å². The monoisotopic (exact) mass is 307 g/mol. The van der Waals surface area contributed by atoms with E-state index in [1.54, 1.807) is 6.92 Å². The van der Waals surface area contributed by atoms with Gasteiger partial charge in [0.2, 0.25) is 5.75 Å². The van der Waals surface area contributed by atoms with Gasteiger partial charge in [0, 0.05) is 6.42 Å². The van der Waals surface area contributed by atoms with Crippen molar-refractivity contribution in [3.63, 3.8) is 0 Å². The van der Waals surface area contributed by atoms with Crippen molar-refractivity contribution in [2.75, 3.05) is 6.61 Å². The number of aliphatic hydroxyl groups is 1. The van der Waals surface area contributed by atoms with Crippen LogP contribution >= 0.6 is 15.9 Å². The van der Waals surface area contributed by atoms with E-state index in [9.17, 15) is 14.5 Å². The second-order valence-electron chi connectivity index (χ2n) is 3.48. The summed E-state index contributed by atoms with van der Waals surface area (Å²) in [5.74, 6) is -0.747. The summed E-state index contributed by atoms with van der Waals surface area (Å²) in [7, 11) is 0. The standard InChI is InChI=1S/C10H11BrFNO4/c1-6(14)2-3-17-10-8(11)4-7(12)5-9(10)13(15)16/h4-6,14H,2-3H2,1H3. The molecule has 1 atom stereocenters. The van der Waals surface area contributed by atoms with E-state index in [0.717, 1.165) is 12.1 Å². The lowest BCUT2D eigenvalue weighted by atomic mass is 10.3.